The number of hydrogen-bond acceptors (Lipinski definition) is 5. The third-order valence-electron chi connectivity index (χ3n) is 4.23. The maximum atomic E-state index is 12.7. The van der Waals surface area contributed by atoms with Gasteiger partial charge in [-0.2, -0.15) is 10.1 Å². The highest BCUT2D eigenvalue weighted by Gasteiger charge is 2.38. The van der Waals surface area contributed by atoms with Crippen LogP contribution in [-0.2, 0) is 4.79 Å². The quantitative estimate of drug-likeness (QED) is 0.873. The van der Waals surface area contributed by atoms with Gasteiger partial charge in [-0.15, -0.1) is 0 Å². The second-order valence-corrected chi connectivity index (χ2v) is 6.07. The monoisotopic (exact) mass is 295 g/mol. The van der Waals surface area contributed by atoms with E-state index in [0.717, 1.165) is 23.3 Å². The van der Waals surface area contributed by atoms with Crippen molar-refractivity contribution >= 4 is 11.7 Å². The fourth-order valence-corrected chi connectivity index (χ4v) is 3.36. The molecule has 2 aromatic heterocycles. The van der Waals surface area contributed by atoms with Crippen molar-refractivity contribution in [2.24, 2.45) is 5.92 Å². The number of carbonyl (C=O) groups is 1. The molecule has 4 rings (SSSR count). The van der Waals surface area contributed by atoms with Crippen LogP contribution in [0.5, 0.6) is 0 Å². The lowest BCUT2D eigenvalue weighted by Gasteiger charge is -2.33. The van der Waals surface area contributed by atoms with Crippen molar-refractivity contribution in [3.63, 3.8) is 0 Å². The SMILES string of the molecule is Cc1nc2n(n1)[C@H](c1cccnc1)C1=C(C[C@@H](C)CC1=O)N2. The Morgan fingerprint density at radius 2 is 2.23 bits per heavy atom. The fourth-order valence-electron chi connectivity index (χ4n) is 3.36. The molecule has 2 atom stereocenters. The van der Waals surface area contributed by atoms with Crippen molar-refractivity contribution in [3.05, 3.63) is 47.2 Å². The standard InChI is InChI=1S/C16H17N5O/c1-9-6-12-14(13(22)7-9)15(11-4-3-5-17-8-11)21-16(19-12)18-10(2)20-21/h3-5,8-9,15H,6-7H2,1-2H3,(H,18,19,20)/t9-,15-/m1/s1. The average molecular weight is 295 g/mol. The maximum Gasteiger partial charge on any atom is 0.226 e. The predicted octanol–water partition coefficient (Wildman–Crippen LogP) is 2.25. The molecule has 3 heterocycles. The summed E-state index contributed by atoms with van der Waals surface area (Å²) in [5.74, 6) is 1.93. The molecule has 0 saturated heterocycles. The molecule has 1 aliphatic heterocycles. The summed E-state index contributed by atoms with van der Waals surface area (Å²) in [5, 5.41) is 7.79. The molecule has 6 nitrogen and oxygen atoms in total. The zero-order valence-electron chi connectivity index (χ0n) is 12.6. The van der Waals surface area contributed by atoms with E-state index in [2.05, 4.69) is 27.3 Å². The van der Waals surface area contributed by atoms with Crippen LogP contribution in [0.4, 0.5) is 5.95 Å². The predicted molar refractivity (Wildman–Crippen MR) is 81.2 cm³/mol. The van der Waals surface area contributed by atoms with E-state index in [1.807, 2.05) is 19.1 Å². The second kappa shape index (κ2) is 4.76. The lowest BCUT2D eigenvalue weighted by Crippen LogP contribution is -2.33. The topological polar surface area (TPSA) is 72.7 Å². The van der Waals surface area contributed by atoms with Gasteiger partial charge in [0.2, 0.25) is 5.95 Å². The lowest BCUT2D eigenvalue weighted by molar-refractivity contribution is -0.117. The molecule has 6 heteroatoms. The van der Waals surface area contributed by atoms with Crippen molar-refractivity contribution in [3.8, 4) is 0 Å². The number of hydrogen-bond donors (Lipinski definition) is 1. The Balaban J connectivity index is 1.92. The molecular formula is C16H17N5O. The van der Waals surface area contributed by atoms with Gasteiger partial charge < -0.3 is 5.32 Å². The number of Topliss-reactive ketones (excluding diaryl/α,β-unsaturated/α-hetero) is 1. The van der Waals surface area contributed by atoms with Crippen LogP contribution in [0.25, 0.3) is 0 Å². The van der Waals surface area contributed by atoms with E-state index in [1.165, 1.54) is 0 Å². The Kier molecular flexibility index (Phi) is 2.85. The molecule has 0 saturated carbocycles. The fraction of sp³-hybridized carbons (Fsp3) is 0.375. The number of ketones is 1. The molecule has 0 unspecified atom stereocenters. The molecule has 0 amide bonds. The Morgan fingerprint density at radius 3 is 3.00 bits per heavy atom. The number of nitrogens with zero attached hydrogens (tertiary/aromatic N) is 4. The molecule has 1 N–H and O–H groups in total. The highest BCUT2D eigenvalue weighted by atomic mass is 16.1. The lowest BCUT2D eigenvalue weighted by atomic mass is 9.81. The van der Waals surface area contributed by atoms with E-state index < -0.39 is 0 Å². The van der Waals surface area contributed by atoms with Gasteiger partial charge in [-0.25, -0.2) is 4.68 Å². The summed E-state index contributed by atoms with van der Waals surface area (Å²) in [6, 6.07) is 3.64. The zero-order chi connectivity index (χ0) is 15.3. The summed E-state index contributed by atoms with van der Waals surface area (Å²) >= 11 is 0. The number of aryl methyl sites for hydroxylation is 1. The first-order chi connectivity index (χ1) is 10.6. The molecule has 0 bridgehead atoms. The number of fused-ring (bicyclic) bond motifs is 1. The smallest absolute Gasteiger partial charge is 0.226 e. The maximum absolute atomic E-state index is 12.7. The van der Waals surface area contributed by atoms with Crippen molar-refractivity contribution < 1.29 is 4.79 Å². The van der Waals surface area contributed by atoms with Gasteiger partial charge >= 0.3 is 0 Å². The summed E-state index contributed by atoms with van der Waals surface area (Å²) in [6.07, 6.45) is 4.98. The molecule has 0 aromatic carbocycles. The number of pyridine rings is 1. The van der Waals surface area contributed by atoms with Crippen molar-refractivity contribution in [2.45, 2.75) is 32.7 Å². The first-order valence-corrected chi connectivity index (χ1v) is 7.50. The third kappa shape index (κ3) is 1.94. The van der Waals surface area contributed by atoms with Crippen LogP contribution in [0, 0.1) is 12.8 Å². The van der Waals surface area contributed by atoms with Crippen LogP contribution >= 0.6 is 0 Å². The van der Waals surface area contributed by atoms with Gasteiger partial charge in [-0.1, -0.05) is 13.0 Å². The zero-order valence-corrected chi connectivity index (χ0v) is 12.6. The number of nitrogens with one attached hydrogen (secondary N) is 1. The first kappa shape index (κ1) is 13.2. The highest BCUT2D eigenvalue weighted by Crippen LogP contribution is 2.40. The van der Waals surface area contributed by atoms with E-state index in [-0.39, 0.29) is 11.8 Å². The van der Waals surface area contributed by atoms with Crippen LogP contribution in [0.15, 0.2) is 35.8 Å². The Hall–Kier alpha value is -2.50. The summed E-state index contributed by atoms with van der Waals surface area (Å²) in [6.45, 7) is 3.96. The minimum Gasteiger partial charge on any atom is -0.328 e. The number of anilines is 1. The molecule has 112 valence electrons. The van der Waals surface area contributed by atoms with Gasteiger partial charge in [0.1, 0.15) is 11.9 Å². The molecule has 22 heavy (non-hydrogen) atoms. The molecule has 2 aliphatic rings. The van der Waals surface area contributed by atoms with Crippen LogP contribution in [0.1, 0.15) is 37.2 Å². The van der Waals surface area contributed by atoms with Gasteiger partial charge in [0.25, 0.3) is 0 Å². The highest BCUT2D eigenvalue weighted by molar-refractivity contribution is 5.99. The van der Waals surface area contributed by atoms with E-state index >= 15 is 0 Å². The van der Waals surface area contributed by atoms with Crippen LogP contribution in [0.3, 0.4) is 0 Å². The summed E-state index contributed by atoms with van der Waals surface area (Å²) in [7, 11) is 0. The molecule has 0 fully saturated rings. The van der Waals surface area contributed by atoms with Crippen LogP contribution < -0.4 is 5.32 Å². The number of allylic oxidation sites excluding steroid dienone is 2. The minimum atomic E-state index is -0.235. The van der Waals surface area contributed by atoms with E-state index in [4.69, 9.17) is 0 Å². The molecule has 0 radical (unpaired) electrons. The van der Waals surface area contributed by atoms with E-state index in [0.29, 0.717) is 24.1 Å². The number of aromatic nitrogens is 4. The molecule has 2 aromatic rings. The molecular weight excluding hydrogens is 278 g/mol. The van der Waals surface area contributed by atoms with Gasteiger partial charge in [0.05, 0.1) is 0 Å². The van der Waals surface area contributed by atoms with Gasteiger partial charge in [0.15, 0.2) is 5.78 Å². The molecule has 1 aliphatic carbocycles. The van der Waals surface area contributed by atoms with Crippen molar-refractivity contribution in [2.75, 3.05) is 5.32 Å². The Bertz CT molecular complexity index is 777. The second-order valence-electron chi connectivity index (χ2n) is 6.07. The van der Waals surface area contributed by atoms with Gasteiger partial charge in [0, 0.05) is 30.1 Å². The summed E-state index contributed by atoms with van der Waals surface area (Å²) < 4.78 is 1.80. The Labute approximate surface area is 128 Å². The minimum absolute atomic E-state index is 0.189. The number of carbonyl (C=O) groups excluding carboxylic acids is 1. The van der Waals surface area contributed by atoms with Crippen LogP contribution in [-0.4, -0.2) is 25.5 Å². The van der Waals surface area contributed by atoms with E-state index in [9.17, 15) is 4.79 Å². The van der Waals surface area contributed by atoms with Crippen molar-refractivity contribution in [1.29, 1.82) is 0 Å². The summed E-state index contributed by atoms with van der Waals surface area (Å²) in [5.41, 5.74) is 2.76. The number of rotatable bonds is 1. The van der Waals surface area contributed by atoms with Gasteiger partial charge in [-0.05, 0) is 30.9 Å². The molecule has 0 spiro atoms. The van der Waals surface area contributed by atoms with E-state index in [1.54, 1.807) is 17.1 Å². The van der Waals surface area contributed by atoms with Crippen molar-refractivity contribution in [1.82, 2.24) is 19.7 Å². The van der Waals surface area contributed by atoms with Gasteiger partial charge in [-0.3, -0.25) is 9.78 Å². The van der Waals surface area contributed by atoms with Crippen LogP contribution in [0.2, 0.25) is 0 Å². The first-order valence-electron chi connectivity index (χ1n) is 7.50. The third-order valence-corrected chi connectivity index (χ3v) is 4.23. The normalized spacial score (nSPS) is 23.8. The largest absolute Gasteiger partial charge is 0.328 e. The average Bonchev–Trinajstić information content (AvgIpc) is 2.85. The summed E-state index contributed by atoms with van der Waals surface area (Å²) in [4.78, 5) is 21.3. The Morgan fingerprint density at radius 1 is 1.36 bits per heavy atom.